The van der Waals surface area contributed by atoms with Crippen LogP contribution in [-0.2, 0) is 9.59 Å². The molecule has 2 amide bonds. The van der Waals surface area contributed by atoms with Gasteiger partial charge in [0.25, 0.3) is 0 Å². The second-order valence-corrected chi connectivity index (χ2v) is 8.34. The van der Waals surface area contributed by atoms with Gasteiger partial charge in [-0.15, -0.1) is 0 Å². The summed E-state index contributed by atoms with van der Waals surface area (Å²) in [6.07, 6.45) is 2.87. The zero-order valence-corrected chi connectivity index (χ0v) is 16.1. The van der Waals surface area contributed by atoms with Crippen molar-refractivity contribution in [2.45, 2.75) is 53.0 Å². The van der Waals surface area contributed by atoms with E-state index in [0.717, 1.165) is 39.0 Å². The van der Waals surface area contributed by atoms with Gasteiger partial charge in [-0.25, -0.2) is 0 Å². The standard InChI is InChI=1S/C19H35N3O2/c1-14(2)20(5)19(24)17-6-8-22(9-7-17)18(23)13-21-11-15(3)10-16(4)12-21/h14-17H,6-13H2,1-5H3. The molecule has 0 saturated carbocycles. The lowest BCUT2D eigenvalue weighted by Gasteiger charge is -2.38. The Morgan fingerprint density at radius 1 is 1.08 bits per heavy atom. The average molecular weight is 338 g/mol. The molecule has 0 aromatic rings. The van der Waals surface area contributed by atoms with Crippen LogP contribution in [0.15, 0.2) is 0 Å². The number of hydrogen-bond donors (Lipinski definition) is 0. The number of hydrogen-bond acceptors (Lipinski definition) is 3. The number of amides is 2. The van der Waals surface area contributed by atoms with E-state index in [2.05, 4.69) is 18.7 Å². The van der Waals surface area contributed by atoms with E-state index in [-0.39, 0.29) is 23.8 Å². The number of carbonyl (C=O) groups excluding carboxylic acids is 2. The maximum absolute atomic E-state index is 12.6. The summed E-state index contributed by atoms with van der Waals surface area (Å²) in [5, 5.41) is 0. The van der Waals surface area contributed by atoms with Crippen LogP contribution < -0.4 is 0 Å². The normalized spacial score (nSPS) is 26.7. The molecule has 0 spiro atoms. The highest BCUT2D eigenvalue weighted by Gasteiger charge is 2.31. The van der Waals surface area contributed by atoms with Crippen molar-refractivity contribution in [3.8, 4) is 0 Å². The lowest BCUT2D eigenvalue weighted by Crippen LogP contribution is -2.49. The van der Waals surface area contributed by atoms with Crippen molar-refractivity contribution in [3.63, 3.8) is 0 Å². The van der Waals surface area contributed by atoms with Gasteiger partial charge in [0.15, 0.2) is 0 Å². The summed E-state index contributed by atoms with van der Waals surface area (Å²) in [7, 11) is 1.88. The van der Waals surface area contributed by atoms with Crippen LogP contribution in [-0.4, -0.2) is 72.3 Å². The number of carbonyl (C=O) groups is 2. The third-order valence-electron chi connectivity index (χ3n) is 5.62. The summed E-state index contributed by atoms with van der Waals surface area (Å²) >= 11 is 0. The molecule has 0 radical (unpaired) electrons. The second-order valence-electron chi connectivity index (χ2n) is 8.34. The molecule has 2 aliphatic heterocycles. The Balaban J connectivity index is 1.79. The highest BCUT2D eigenvalue weighted by Crippen LogP contribution is 2.23. The zero-order valence-electron chi connectivity index (χ0n) is 16.1. The van der Waals surface area contributed by atoms with Gasteiger partial charge in [0, 0.05) is 45.2 Å². The maximum atomic E-state index is 12.6. The first kappa shape index (κ1) is 19.2. The first-order chi connectivity index (χ1) is 11.3. The molecule has 5 nitrogen and oxygen atoms in total. The van der Waals surface area contributed by atoms with E-state index in [0.29, 0.717) is 18.4 Å². The van der Waals surface area contributed by atoms with E-state index in [4.69, 9.17) is 0 Å². The van der Waals surface area contributed by atoms with Crippen molar-refractivity contribution < 1.29 is 9.59 Å². The fourth-order valence-electron chi connectivity index (χ4n) is 4.13. The largest absolute Gasteiger partial charge is 0.343 e. The van der Waals surface area contributed by atoms with Crippen molar-refractivity contribution in [3.05, 3.63) is 0 Å². The molecule has 2 saturated heterocycles. The Labute approximate surface area is 147 Å². The van der Waals surface area contributed by atoms with Gasteiger partial charge in [0.2, 0.25) is 11.8 Å². The van der Waals surface area contributed by atoms with Crippen molar-refractivity contribution in [2.75, 3.05) is 39.8 Å². The SMILES string of the molecule is CC1CC(C)CN(CC(=O)N2CCC(C(=O)N(C)C(C)C)CC2)C1. The minimum atomic E-state index is 0.0801. The lowest BCUT2D eigenvalue weighted by atomic mass is 9.92. The molecule has 2 fully saturated rings. The summed E-state index contributed by atoms with van der Waals surface area (Å²) in [6.45, 7) is 12.7. The van der Waals surface area contributed by atoms with Crippen molar-refractivity contribution in [1.29, 1.82) is 0 Å². The first-order valence-electron chi connectivity index (χ1n) is 9.54. The van der Waals surface area contributed by atoms with Gasteiger partial charge in [-0.1, -0.05) is 13.8 Å². The highest BCUT2D eigenvalue weighted by atomic mass is 16.2. The number of piperidine rings is 2. The summed E-state index contributed by atoms with van der Waals surface area (Å²) in [6, 6.07) is 0.236. The topological polar surface area (TPSA) is 43.9 Å². The van der Waals surface area contributed by atoms with Crippen LogP contribution in [0.3, 0.4) is 0 Å². The van der Waals surface area contributed by atoms with Gasteiger partial charge in [-0.05, 0) is 44.9 Å². The van der Waals surface area contributed by atoms with Crippen molar-refractivity contribution >= 4 is 11.8 Å². The molecule has 0 bridgehead atoms. The van der Waals surface area contributed by atoms with Gasteiger partial charge in [-0.3, -0.25) is 14.5 Å². The number of nitrogens with zero attached hydrogens (tertiary/aromatic N) is 3. The number of likely N-dealkylation sites (tertiary alicyclic amines) is 2. The Morgan fingerprint density at radius 3 is 2.12 bits per heavy atom. The molecule has 2 unspecified atom stereocenters. The summed E-state index contributed by atoms with van der Waals surface area (Å²) in [5.41, 5.74) is 0. The van der Waals surface area contributed by atoms with Gasteiger partial charge in [0.1, 0.15) is 0 Å². The fraction of sp³-hybridized carbons (Fsp3) is 0.895. The van der Waals surface area contributed by atoms with E-state index in [1.54, 1.807) is 0 Å². The monoisotopic (exact) mass is 337 g/mol. The zero-order chi connectivity index (χ0) is 17.9. The molecule has 0 aliphatic carbocycles. The summed E-state index contributed by atoms with van der Waals surface area (Å²) in [5.74, 6) is 1.90. The Hall–Kier alpha value is -1.10. The molecule has 0 aromatic carbocycles. The maximum Gasteiger partial charge on any atom is 0.236 e. The fourth-order valence-corrected chi connectivity index (χ4v) is 4.13. The van der Waals surface area contributed by atoms with Crippen LogP contribution in [0.5, 0.6) is 0 Å². The van der Waals surface area contributed by atoms with E-state index >= 15 is 0 Å². The van der Waals surface area contributed by atoms with Gasteiger partial charge in [0.05, 0.1) is 6.54 Å². The minimum absolute atomic E-state index is 0.0801. The predicted octanol–water partition coefficient (Wildman–Crippen LogP) is 2.07. The summed E-state index contributed by atoms with van der Waals surface area (Å²) < 4.78 is 0. The van der Waals surface area contributed by atoms with E-state index in [1.807, 2.05) is 30.7 Å². The van der Waals surface area contributed by atoms with E-state index in [9.17, 15) is 9.59 Å². The molecule has 2 rings (SSSR count). The minimum Gasteiger partial charge on any atom is -0.343 e. The molecular formula is C19H35N3O2. The molecule has 138 valence electrons. The summed E-state index contributed by atoms with van der Waals surface area (Å²) in [4.78, 5) is 31.1. The molecule has 24 heavy (non-hydrogen) atoms. The molecule has 2 atom stereocenters. The lowest BCUT2D eigenvalue weighted by molar-refractivity contribution is -0.141. The van der Waals surface area contributed by atoms with Crippen molar-refractivity contribution in [2.24, 2.45) is 17.8 Å². The Morgan fingerprint density at radius 2 is 1.62 bits per heavy atom. The van der Waals surface area contributed by atoms with Gasteiger partial charge < -0.3 is 9.80 Å². The van der Waals surface area contributed by atoms with Crippen LogP contribution in [0.25, 0.3) is 0 Å². The quantitative estimate of drug-likeness (QED) is 0.789. The molecule has 2 heterocycles. The molecule has 0 N–H and O–H groups in total. The van der Waals surface area contributed by atoms with Crippen LogP contribution in [0, 0.1) is 17.8 Å². The Bertz CT molecular complexity index is 434. The van der Waals surface area contributed by atoms with E-state index in [1.165, 1.54) is 6.42 Å². The Kier molecular flexibility index (Phi) is 6.67. The second kappa shape index (κ2) is 8.32. The van der Waals surface area contributed by atoms with Gasteiger partial charge >= 0.3 is 0 Å². The smallest absolute Gasteiger partial charge is 0.236 e. The van der Waals surface area contributed by atoms with Crippen LogP contribution in [0.1, 0.15) is 47.0 Å². The van der Waals surface area contributed by atoms with Crippen LogP contribution in [0.2, 0.25) is 0 Å². The highest BCUT2D eigenvalue weighted by molar-refractivity contribution is 5.81. The molecular weight excluding hydrogens is 302 g/mol. The van der Waals surface area contributed by atoms with Crippen molar-refractivity contribution in [1.82, 2.24) is 14.7 Å². The average Bonchev–Trinajstić information content (AvgIpc) is 2.52. The van der Waals surface area contributed by atoms with Gasteiger partial charge in [-0.2, -0.15) is 0 Å². The molecule has 2 aliphatic rings. The van der Waals surface area contributed by atoms with Crippen LogP contribution >= 0.6 is 0 Å². The van der Waals surface area contributed by atoms with Crippen LogP contribution in [0.4, 0.5) is 0 Å². The third kappa shape index (κ3) is 4.95. The predicted molar refractivity (Wildman–Crippen MR) is 96.6 cm³/mol. The first-order valence-corrected chi connectivity index (χ1v) is 9.54. The third-order valence-corrected chi connectivity index (χ3v) is 5.62. The molecule has 5 heteroatoms. The number of rotatable bonds is 4. The van der Waals surface area contributed by atoms with E-state index < -0.39 is 0 Å². The molecule has 0 aromatic heterocycles.